The SMILES string of the molecule is CC(C)(C(=O)N1CC(O)CC1C(N)=O)C1CCCNC1. The molecule has 0 aliphatic carbocycles. The van der Waals surface area contributed by atoms with Crippen LogP contribution in [0.3, 0.4) is 0 Å². The van der Waals surface area contributed by atoms with Crippen molar-refractivity contribution in [2.24, 2.45) is 17.1 Å². The van der Waals surface area contributed by atoms with E-state index in [0.29, 0.717) is 0 Å². The van der Waals surface area contributed by atoms with Crippen LogP contribution in [0.1, 0.15) is 33.1 Å². The van der Waals surface area contributed by atoms with E-state index >= 15 is 0 Å². The smallest absolute Gasteiger partial charge is 0.240 e. The third kappa shape index (κ3) is 2.81. The van der Waals surface area contributed by atoms with Gasteiger partial charge in [-0.15, -0.1) is 0 Å². The average Bonchev–Trinajstić information content (AvgIpc) is 2.81. The maximum Gasteiger partial charge on any atom is 0.240 e. The van der Waals surface area contributed by atoms with Crippen LogP contribution in [0.15, 0.2) is 0 Å². The van der Waals surface area contributed by atoms with Crippen molar-refractivity contribution in [1.82, 2.24) is 10.2 Å². The number of primary amides is 1. The lowest BCUT2D eigenvalue weighted by atomic mass is 9.74. The molecule has 0 aromatic rings. The van der Waals surface area contributed by atoms with E-state index in [9.17, 15) is 14.7 Å². The maximum atomic E-state index is 12.8. The molecule has 0 aromatic heterocycles. The number of hydrogen-bond acceptors (Lipinski definition) is 4. The van der Waals surface area contributed by atoms with Crippen LogP contribution < -0.4 is 11.1 Å². The van der Waals surface area contributed by atoms with Gasteiger partial charge in [0, 0.05) is 18.4 Å². The maximum absolute atomic E-state index is 12.8. The topological polar surface area (TPSA) is 95.7 Å². The lowest BCUT2D eigenvalue weighted by Gasteiger charge is -2.39. The first kappa shape index (κ1) is 15.3. The first-order chi connectivity index (χ1) is 9.34. The Kier molecular flexibility index (Phi) is 4.34. The van der Waals surface area contributed by atoms with Gasteiger partial charge in [-0.1, -0.05) is 13.8 Å². The van der Waals surface area contributed by atoms with Crippen LogP contribution in [0.5, 0.6) is 0 Å². The summed E-state index contributed by atoms with van der Waals surface area (Å²) >= 11 is 0. The van der Waals surface area contributed by atoms with Crippen molar-refractivity contribution in [2.45, 2.75) is 45.3 Å². The van der Waals surface area contributed by atoms with E-state index in [1.807, 2.05) is 13.8 Å². The van der Waals surface area contributed by atoms with Gasteiger partial charge in [0.2, 0.25) is 11.8 Å². The number of likely N-dealkylation sites (tertiary alicyclic amines) is 1. The normalized spacial score (nSPS) is 31.4. The zero-order valence-corrected chi connectivity index (χ0v) is 12.3. The van der Waals surface area contributed by atoms with Crippen LogP contribution in [0, 0.1) is 11.3 Å². The highest BCUT2D eigenvalue weighted by Crippen LogP contribution is 2.35. The van der Waals surface area contributed by atoms with Crippen molar-refractivity contribution < 1.29 is 14.7 Å². The van der Waals surface area contributed by atoms with Gasteiger partial charge in [-0.3, -0.25) is 9.59 Å². The van der Waals surface area contributed by atoms with E-state index in [4.69, 9.17) is 5.73 Å². The number of nitrogens with zero attached hydrogens (tertiary/aromatic N) is 1. The van der Waals surface area contributed by atoms with E-state index in [2.05, 4.69) is 5.32 Å². The summed E-state index contributed by atoms with van der Waals surface area (Å²) in [5.74, 6) is -0.367. The first-order valence-corrected chi connectivity index (χ1v) is 7.33. The summed E-state index contributed by atoms with van der Waals surface area (Å²) in [6, 6.07) is -0.673. The number of hydrogen-bond donors (Lipinski definition) is 3. The van der Waals surface area contributed by atoms with Crippen LogP contribution in [0.4, 0.5) is 0 Å². The fraction of sp³-hybridized carbons (Fsp3) is 0.857. The second-order valence-corrected chi connectivity index (χ2v) is 6.53. The molecule has 20 heavy (non-hydrogen) atoms. The Labute approximate surface area is 119 Å². The Morgan fingerprint density at radius 1 is 1.40 bits per heavy atom. The molecule has 4 N–H and O–H groups in total. The summed E-state index contributed by atoms with van der Waals surface area (Å²) in [5.41, 5.74) is 4.80. The number of amides is 2. The highest BCUT2D eigenvalue weighted by atomic mass is 16.3. The van der Waals surface area contributed by atoms with Crippen LogP contribution in [-0.4, -0.2) is 53.6 Å². The second-order valence-electron chi connectivity index (χ2n) is 6.53. The quantitative estimate of drug-likeness (QED) is 0.648. The standard InChI is InChI=1S/C14H25N3O3/c1-14(2,9-4-3-5-16-7-9)13(20)17-8-10(18)6-11(17)12(15)19/h9-11,16,18H,3-8H2,1-2H3,(H2,15,19). The van der Waals surface area contributed by atoms with Gasteiger partial charge < -0.3 is 21.1 Å². The van der Waals surface area contributed by atoms with Crippen LogP contribution in [0.2, 0.25) is 0 Å². The van der Waals surface area contributed by atoms with Crippen molar-refractivity contribution >= 4 is 11.8 Å². The molecule has 2 fully saturated rings. The van der Waals surface area contributed by atoms with Crippen molar-refractivity contribution in [3.05, 3.63) is 0 Å². The summed E-state index contributed by atoms with van der Waals surface area (Å²) in [7, 11) is 0. The Bertz CT molecular complexity index is 391. The highest BCUT2D eigenvalue weighted by Gasteiger charge is 2.46. The van der Waals surface area contributed by atoms with Crippen molar-refractivity contribution in [2.75, 3.05) is 19.6 Å². The molecule has 2 amide bonds. The van der Waals surface area contributed by atoms with Crippen molar-refractivity contribution in [1.29, 1.82) is 0 Å². The van der Waals surface area contributed by atoms with Gasteiger partial charge in [0.1, 0.15) is 6.04 Å². The van der Waals surface area contributed by atoms with Crippen LogP contribution >= 0.6 is 0 Å². The Morgan fingerprint density at radius 2 is 2.10 bits per heavy atom. The van der Waals surface area contributed by atoms with Gasteiger partial charge in [0.25, 0.3) is 0 Å². The minimum Gasteiger partial charge on any atom is -0.391 e. The van der Waals surface area contributed by atoms with Crippen LogP contribution in [0.25, 0.3) is 0 Å². The third-order valence-corrected chi connectivity index (χ3v) is 4.74. The van der Waals surface area contributed by atoms with E-state index in [1.54, 1.807) is 0 Å². The number of β-amino-alcohol motifs (C(OH)–C–C–N with tert-alkyl or cyclic N) is 1. The molecule has 2 aliphatic heterocycles. The predicted octanol–water partition coefficient (Wildman–Crippen LogP) is -0.541. The molecular weight excluding hydrogens is 258 g/mol. The molecule has 0 radical (unpaired) electrons. The van der Waals surface area contributed by atoms with Crippen molar-refractivity contribution in [3.63, 3.8) is 0 Å². The summed E-state index contributed by atoms with van der Waals surface area (Å²) in [6.45, 7) is 5.87. The van der Waals surface area contributed by atoms with E-state index in [1.165, 1.54) is 4.90 Å². The Balaban J connectivity index is 2.14. The first-order valence-electron chi connectivity index (χ1n) is 7.33. The number of aliphatic hydroxyl groups is 1. The summed E-state index contributed by atoms with van der Waals surface area (Å²) in [6.07, 6.45) is 1.66. The second kappa shape index (κ2) is 5.69. The summed E-state index contributed by atoms with van der Waals surface area (Å²) in [4.78, 5) is 25.7. The molecule has 0 aromatic carbocycles. The Morgan fingerprint density at radius 3 is 2.65 bits per heavy atom. The molecule has 2 heterocycles. The average molecular weight is 283 g/mol. The minimum absolute atomic E-state index is 0.0773. The molecule has 0 saturated carbocycles. The van der Waals surface area contributed by atoms with Gasteiger partial charge in [-0.2, -0.15) is 0 Å². The predicted molar refractivity (Wildman–Crippen MR) is 74.7 cm³/mol. The molecule has 0 bridgehead atoms. The zero-order chi connectivity index (χ0) is 14.9. The summed E-state index contributed by atoms with van der Waals surface area (Å²) in [5, 5.41) is 13.0. The third-order valence-electron chi connectivity index (χ3n) is 4.74. The number of nitrogens with one attached hydrogen (secondary N) is 1. The monoisotopic (exact) mass is 283 g/mol. The molecular formula is C14H25N3O3. The number of nitrogens with two attached hydrogens (primary N) is 1. The molecule has 6 nitrogen and oxygen atoms in total. The molecule has 3 atom stereocenters. The molecule has 3 unspecified atom stereocenters. The number of carbonyl (C=O) groups is 2. The molecule has 0 spiro atoms. The number of rotatable bonds is 3. The van der Waals surface area contributed by atoms with Crippen molar-refractivity contribution in [3.8, 4) is 0 Å². The zero-order valence-electron chi connectivity index (χ0n) is 12.3. The van der Waals surface area contributed by atoms with E-state index < -0.39 is 23.5 Å². The largest absolute Gasteiger partial charge is 0.391 e. The van der Waals surface area contributed by atoms with Gasteiger partial charge in [0.05, 0.1) is 6.10 Å². The van der Waals surface area contributed by atoms with E-state index in [0.717, 1.165) is 25.9 Å². The minimum atomic E-state index is -0.673. The van der Waals surface area contributed by atoms with Gasteiger partial charge in [-0.05, 0) is 31.8 Å². The number of piperidine rings is 1. The molecule has 2 aliphatic rings. The fourth-order valence-electron chi connectivity index (χ4n) is 3.32. The van der Waals surface area contributed by atoms with Gasteiger partial charge in [-0.25, -0.2) is 0 Å². The van der Waals surface area contributed by atoms with Gasteiger partial charge in [0.15, 0.2) is 0 Å². The molecule has 6 heteroatoms. The lowest BCUT2D eigenvalue weighted by Crippen LogP contribution is -2.52. The molecule has 2 saturated heterocycles. The summed E-state index contributed by atoms with van der Waals surface area (Å²) < 4.78 is 0. The van der Waals surface area contributed by atoms with Gasteiger partial charge >= 0.3 is 0 Å². The Hall–Kier alpha value is -1.14. The van der Waals surface area contributed by atoms with Crippen LogP contribution in [-0.2, 0) is 9.59 Å². The molecule has 2 rings (SSSR count). The highest BCUT2D eigenvalue weighted by molar-refractivity contribution is 5.90. The number of carbonyl (C=O) groups excluding carboxylic acids is 2. The number of aliphatic hydroxyl groups excluding tert-OH is 1. The van der Waals surface area contributed by atoms with E-state index in [-0.39, 0.29) is 24.8 Å². The fourth-order valence-corrected chi connectivity index (χ4v) is 3.32. The lowest BCUT2D eigenvalue weighted by molar-refractivity contribution is -0.147. The molecule has 114 valence electrons.